The number of amides is 2. The molecule has 20 heavy (non-hydrogen) atoms. The smallest absolute Gasteiger partial charge is 0.319 e. The number of halogens is 1. The molecule has 1 fully saturated rings. The summed E-state index contributed by atoms with van der Waals surface area (Å²) in [6.07, 6.45) is 4.88. The lowest BCUT2D eigenvalue weighted by Crippen LogP contribution is -2.34. The highest BCUT2D eigenvalue weighted by Crippen LogP contribution is 2.09. The number of benzene rings is 1. The molecule has 0 bridgehead atoms. The van der Waals surface area contributed by atoms with Crippen molar-refractivity contribution in [3.8, 4) is 0 Å². The fourth-order valence-corrected chi connectivity index (χ4v) is 2.40. The van der Waals surface area contributed by atoms with E-state index < -0.39 is 0 Å². The summed E-state index contributed by atoms with van der Waals surface area (Å²) < 4.78 is 12.7. The highest BCUT2D eigenvalue weighted by atomic mass is 19.1. The summed E-state index contributed by atoms with van der Waals surface area (Å²) in [6.45, 7) is 4.06. The van der Waals surface area contributed by atoms with E-state index in [9.17, 15) is 9.18 Å². The van der Waals surface area contributed by atoms with Gasteiger partial charge in [-0.1, -0.05) is 6.42 Å². The monoisotopic (exact) mass is 279 g/mol. The SMILES string of the molecule is O=C(NCCCN1CCCCC1)Nc1ccc(F)cc1. The van der Waals surface area contributed by atoms with Gasteiger partial charge in [-0.3, -0.25) is 0 Å². The molecule has 0 atom stereocenters. The van der Waals surface area contributed by atoms with Crippen LogP contribution < -0.4 is 10.6 Å². The number of urea groups is 1. The van der Waals surface area contributed by atoms with Crippen molar-refractivity contribution in [1.29, 1.82) is 0 Å². The normalized spacial score (nSPS) is 15.8. The Bertz CT molecular complexity index is 416. The molecule has 1 aromatic rings. The first-order valence-electron chi connectivity index (χ1n) is 7.27. The van der Waals surface area contributed by atoms with E-state index in [1.165, 1.54) is 44.5 Å². The number of hydrogen-bond donors (Lipinski definition) is 2. The molecule has 2 rings (SSSR count). The molecule has 4 nitrogen and oxygen atoms in total. The average Bonchev–Trinajstić information content (AvgIpc) is 2.47. The Morgan fingerprint density at radius 1 is 1.15 bits per heavy atom. The van der Waals surface area contributed by atoms with E-state index in [1.54, 1.807) is 12.1 Å². The van der Waals surface area contributed by atoms with Crippen LogP contribution in [0.3, 0.4) is 0 Å². The lowest BCUT2D eigenvalue weighted by atomic mass is 10.1. The van der Waals surface area contributed by atoms with Crippen molar-refractivity contribution in [1.82, 2.24) is 10.2 Å². The second-order valence-corrected chi connectivity index (χ2v) is 5.14. The molecule has 0 aromatic heterocycles. The van der Waals surface area contributed by atoms with Crippen LogP contribution >= 0.6 is 0 Å². The van der Waals surface area contributed by atoms with Crippen LogP contribution in [0.15, 0.2) is 24.3 Å². The predicted octanol–water partition coefficient (Wildman–Crippen LogP) is 2.82. The average molecular weight is 279 g/mol. The zero-order valence-corrected chi connectivity index (χ0v) is 11.7. The third kappa shape index (κ3) is 5.17. The maximum atomic E-state index is 12.7. The van der Waals surface area contributed by atoms with Crippen molar-refractivity contribution in [2.75, 3.05) is 31.5 Å². The highest BCUT2D eigenvalue weighted by molar-refractivity contribution is 5.89. The standard InChI is InChI=1S/C15H22FN3O/c16-13-5-7-14(8-6-13)18-15(20)17-9-4-12-19-10-2-1-3-11-19/h5-8H,1-4,9-12H2,(H2,17,18,20). The van der Waals surface area contributed by atoms with E-state index in [-0.39, 0.29) is 11.8 Å². The lowest BCUT2D eigenvalue weighted by molar-refractivity contribution is 0.224. The van der Waals surface area contributed by atoms with Gasteiger partial charge in [0.1, 0.15) is 5.82 Å². The first kappa shape index (κ1) is 14.8. The Balaban J connectivity index is 1.59. The van der Waals surface area contributed by atoms with Gasteiger partial charge in [0.25, 0.3) is 0 Å². The molecule has 2 N–H and O–H groups in total. The van der Waals surface area contributed by atoms with Crippen molar-refractivity contribution in [2.24, 2.45) is 0 Å². The Hall–Kier alpha value is -1.62. The van der Waals surface area contributed by atoms with Crippen LogP contribution in [0.5, 0.6) is 0 Å². The number of carbonyl (C=O) groups is 1. The zero-order chi connectivity index (χ0) is 14.2. The number of likely N-dealkylation sites (tertiary alicyclic amines) is 1. The molecular formula is C15H22FN3O. The van der Waals surface area contributed by atoms with Crippen molar-refractivity contribution >= 4 is 11.7 Å². The summed E-state index contributed by atoms with van der Waals surface area (Å²) >= 11 is 0. The van der Waals surface area contributed by atoms with Gasteiger partial charge in [0, 0.05) is 12.2 Å². The van der Waals surface area contributed by atoms with Crippen molar-refractivity contribution in [3.05, 3.63) is 30.1 Å². The minimum absolute atomic E-state index is 0.241. The Kier molecular flexibility index (Phi) is 5.80. The lowest BCUT2D eigenvalue weighted by Gasteiger charge is -2.26. The molecule has 1 aliphatic rings. The van der Waals surface area contributed by atoms with Crippen molar-refractivity contribution < 1.29 is 9.18 Å². The number of anilines is 1. The number of carbonyl (C=O) groups excluding carboxylic acids is 1. The minimum Gasteiger partial charge on any atom is -0.338 e. The molecule has 5 heteroatoms. The van der Waals surface area contributed by atoms with E-state index in [1.807, 2.05) is 0 Å². The molecule has 110 valence electrons. The zero-order valence-electron chi connectivity index (χ0n) is 11.7. The van der Waals surface area contributed by atoms with Gasteiger partial charge in [-0.2, -0.15) is 0 Å². The van der Waals surface area contributed by atoms with Crippen LogP contribution in [-0.4, -0.2) is 37.1 Å². The third-order valence-electron chi connectivity index (χ3n) is 3.49. The fraction of sp³-hybridized carbons (Fsp3) is 0.533. The van der Waals surface area contributed by atoms with E-state index in [0.29, 0.717) is 12.2 Å². The van der Waals surface area contributed by atoms with Gasteiger partial charge in [-0.15, -0.1) is 0 Å². The predicted molar refractivity (Wildman–Crippen MR) is 78.3 cm³/mol. The molecule has 2 amide bonds. The maximum absolute atomic E-state index is 12.7. The summed E-state index contributed by atoms with van der Waals surface area (Å²) in [5.41, 5.74) is 0.597. The van der Waals surface area contributed by atoms with E-state index in [2.05, 4.69) is 15.5 Å². The van der Waals surface area contributed by atoms with E-state index in [4.69, 9.17) is 0 Å². The van der Waals surface area contributed by atoms with Crippen LogP contribution in [0.25, 0.3) is 0 Å². The summed E-state index contributed by atoms with van der Waals surface area (Å²) in [5, 5.41) is 5.49. The van der Waals surface area contributed by atoms with Crippen LogP contribution in [0, 0.1) is 5.82 Å². The Morgan fingerprint density at radius 3 is 2.55 bits per heavy atom. The van der Waals surface area contributed by atoms with Gasteiger partial charge in [0.15, 0.2) is 0 Å². The van der Waals surface area contributed by atoms with Crippen LogP contribution in [0.2, 0.25) is 0 Å². The second-order valence-electron chi connectivity index (χ2n) is 5.14. The van der Waals surface area contributed by atoms with Gasteiger partial charge in [-0.25, -0.2) is 9.18 Å². The highest BCUT2D eigenvalue weighted by Gasteiger charge is 2.09. The molecule has 0 radical (unpaired) electrons. The first-order valence-corrected chi connectivity index (χ1v) is 7.27. The van der Waals surface area contributed by atoms with Gasteiger partial charge in [-0.05, 0) is 63.2 Å². The second kappa shape index (κ2) is 7.85. The maximum Gasteiger partial charge on any atom is 0.319 e. The van der Waals surface area contributed by atoms with Gasteiger partial charge in [0.05, 0.1) is 0 Å². The molecule has 1 heterocycles. The largest absolute Gasteiger partial charge is 0.338 e. The van der Waals surface area contributed by atoms with Crippen LogP contribution in [0.1, 0.15) is 25.7 Å². The molecule has 0 saturated carbocycles. The molecule has 0 unspecified atom stereocenters. The summed E-state index contributed by atoms with van der Waals surface area (Å²) in [7, 11) is 0. The Morgan fingerprint density at radius 2 is 1.85 bits per heavy atom. The minimum atomic E-state index is -0.308. The van der Waals surface area contributed by atoms with Crippen LogP contribution in [0.4, 0.5) is 14.9 Å². The quantitative estimate of drug-likeness (QED) is 0.814. The third-order valence-corrected chi connectivity index (χ3v) is 3.49. The molecule has 0 spiro atoms. The van der Waals surface area contributed by atoms with Crippen molar-refractivity contribution in [2.45, 2.75) is 25.7 Å². The van der Waals surface area contributed by atoms with E-state index >= 15 is 0 Å². The number of nitrogens with zero attached hydrogens (tertiary/aromatic N) is 1. The van der Waals surface area contributed by atoms with E-state index in [0.717, 1.165) is 13.0 Å². The number of rotatable bonds is 5. The summed E-state index contributed by atoms with van der Waals surface area (Å²) in [5.74, 6) is -0.308. The Labute approximate surface area is 119 Å². The van der Waals surface area contributed by atoms with Gasteiger partial charge < -0.3 is 15.5 Å². The fourth-order valence-electron chi connectivity index (χ4n) is 2.40. The number of piperidine rings is 1. The molecular weight excluding hydrogens is 257 g/mol. The molecule has 0 aliphatic carbocycles. The molecule has 1 aliphatic heterocycles. The summed E-state index contributed by atoms with van der Waals surface area (Å²) in [4.78, 5) is 14.1. The molecule has 1 aromatic carbocycles. The summed E-state index contributed by atoms with van der Waals surface area (Å²) in [6, 6.07) is 5.50. The first-order chi connectivity index (χ1) is 9.74. The van der Waals surface area contributed by atoms with Gasteiger partial charge in [0.2, 0.25) is 0 Å². The number of nitrogens with one attached hydrogen (secondary N) is 2. The van der Waals surface area contributed by atoms with Crippen LogP contribution in [-0.2, 0) is 0 Å². The topological polar surface area (TPSA) is 44.4 Å². The van der Waals surface area contributed by atoms with Crippen molar-refractivity contribution in [3.63, 3.8) is 0 Å². The number of hydrogen-bond acceptors (Lipinski definition) is 2. The molecule has 1 saturated heterocycles. The van der Waals surface area contributed by atoms with Gasteiger partial charge >= 0.3 is 6.03 Å².